The molecule has 0 aliphatic carbocycles. The van der Waals surface area contributed by atoms with E-state index in [9.17, 15) is 9.59 Å². The first-order valence-corrected chi connectivity index (χ1v) is 8.66. The van der Waals surface area contributed by atoms with Crippen LogP contribution in [0.25, 0.3) is 0 Å². The zero-order chi connectivity index (χ0) is 17.1. The van der Waals surface area contributed by atoms with Gasteiger partial charge in [-0.25, -0.2) is 0 Å². The Morgan fingerprint density at radius 1 is 1.17 bits per heavy atom. The third-order valence-corrected chi connectivity index (χ3v) is 3.90. The molecule has 1 amide bonds. The first-order chi connectivity index (χ1) is 11.0. The Balaban J connectivity index is 2.04. The molecule has 0 fully saturated rings. The molecule has 0 bridgehead atoms. The molecule has 0 aliphatic rings. The highest BCUT2D eigenvalue weighted by molar-refractivity contribution is 9.10. The first-order valence-electron chi connectivity index (χ1n) is 7.86. The average Bonchev–Trinajstić information content (AvgIpc) is 2.48. The molecular weight excluding hydrogens is 362 g/mol. The third kappa shape index (κ3) is 9.23. The van der Waals surface area contributed by atoms with Crippen molar-refractivity contribution >= 4 is 27.8 Å². The summed E-state index contributed by atoms with van der Waals surface area (Å²) in [6.07, 6.45) is 3.57. The van der Waals surface area contributed by atoms with Crippen molar-refractivity contribution in [2.45, 2.75) is 45.4 Å². The molecule has 1 rings (SSSR count). The van der Waals surface area contributed by atoms with Gasteiger partial charge in [0.15, 0.2) is 0 Å². The molecule has 5 nitrogen and oxygen atoms in total. The van der Waals surface area contributed by atoms with Crippen LogP contribution in [0.5, 0.6) is 5.75 Å². The van der Waals surface area contributed by atoms with Crippen LogP contribution in [0.3, 0.4) is 0 Å². The molecule has 6 heteroatoms. The van der Waals surface area contributed by atoms with E-state index in [4.69, 9.17) is 9.84 Å². The number of rotatable bonds is 11. The Morgan fingerprint density at radius 2 is 1.96 bits per heavy atom. The molecule has 0 heterocycles. The zero-order valence-corrected chi connectivity index (χ0v) is 15.0. The highest BCUT2D eigenvalue weighted by atomic mass is 79.9. The number of unbranched alkanes of at least 4 members (excludes halogenated alkanes) is 2. The van der Waals surface area contributed by atoms with Gasteiger partial charge < -0.3 is 15.2 Å². The summed E-state index contributed by atoms with van der Waals surface area (Å²) in [6.45, 7) is 3.11. The fourth-order valence-electron chi connectivity index (χ4n) is 2.03. The number of benzene rings is 1. The van der Waals surface area contributed by atoms with Crippen molar-refractivity contribution in [1.29, 1.82) is 0 Å². The summed E-state index contributed by atoms with van der Waals surface area (Å²) < 4.78 is 6.56. The Labute approximate surface area is 145 Å². The second-order valence-electron chi connectivity index (χ2n) is 5.44. The Bertz CT molecular complexity index is 519. The summed E-state index contributed by atoms with van der Waals surface area (Å²) in [5.74, 6) is 0.0264. The minimum absolute atomic E-state index is 0.00908. The van der Waals surface area contributed by atoms with Crippen molar-refractivity contribution < 1.29 is 19.4 Å². The Kier molecular flexibility index (Phi) is 9.36. The van der Waals surface area contributed by atoms with Gasteiger partial charge in [0.25, 0.3) is 0 Å². The predicted molar refractivity (Wildman–Crippen MR) is 92.7 cm³/mol. The van der Waals surface area contributed by atoms with Gasteiger partial charge in [0.2, 0.25) is 5.91 Å². The molecule has 2 N–H and O–H groups in total. The van der Waals surface area contributed by atoms with Crippen LogP contribution >= 0.6 is 15.9 Å². The van der Waals surface area contributed by atoms with Gasteiger partial charge in [0.1, 0.15) is 5.75 Å². The van der Waals surface area contributed by atoms with Crippen molar-refractivity contribution in [3.8, 4) is 5.75 Å². The lowest BCUT2D eigenvalue weighted by Crippen LogP contribution is -2.24. The molecular formula is C17H24BrNO4. The summed E-state index contributed by atoms with van der Waals surface area (Å²) in [5, 5.41) is 11.3. The summed E-state index contributed by atoms with van der Waals surface area (Å²) in [5.41, 5.74) is 1.16. The Morgan fingerprint density at radius 3 is 2.65 bits per heavy atom. The van der Waals surface area contributed by atoms with Gasteiger partial charge in [-0.05, 0) is 59.8 Å². The molecule has 0 spiro atoms. The van der Waals surface area contributed by atoms with Crippen molar-refractivity contribution in [2.75, 3.05) is 13.2 Å². The minimum Gasteiger partial charge on any atom is -0.492 e. The van der Waals surface area contributed by atoms with Crippen LogP contribution in [0.1, 0.15) is 44.1 Å². The van der Waals surface area contributed by atoms with Gasteiger partial charge >= 0.3 is 5.97 Å². The number of carbonyl (C=O) groups excluding carboxylic acids is 1. The number of nitrogens with one attached hydrogen (secondary N) is 1. The van der Waals surface area contributed by atoms with E-state index in [0.717, 1.165) is 28.6 Å². The maximum Gasteiger partial charge on any atom is 0.303 e. The summed E-state index contributed by atoms with van der Waals surface area (Å²) in [7, 11) is 0. The Hall–Kier alpha value is -1.56. The fourth-order valence-corrected chi connectivity index (χ4v) is 2.64. The lowest BCUT2D eigenvalue weighted by molar-refractivity contribution is -0.137. The van der Waals surface area contributed by atoms with Gasteiger partial charge in [-0.15, -0.1) is 0 Å². The van der Waals surface area contributed by atoms with Gasteiger partial charge in [0, 0.05) is 19.4 Å². The van der Waals surface area contributed by atoms with Crippen molar-refractivity contribution in [2.24, 2.45) is 0 Å². The van der Waals surface area contributed by atoms with Crippen LogP contribution < -0.4 is 10.1 Å². The third-order valence-electron chi connectivity index (χ3n) is 3.28. The highest BCUT2D eigenvalue weighted by Crippen LogP contribution is 2.25. The molecule has 1 aromatic rings. The normalized spacial score (nSPS) is 10.3. The summed E-state index contributed by atoms with van der Waals surface area (Å²) in [6, 6.07) is 5.89. The van der Waals surface area contributed by atoms with Crippen molar-refractivity contribution in [3.05, 3.63) is 28.2 Å². The number of carbonyl (C=O) groups is 2. The van der Waals surface area contributed by atoms with E-state index < -0.39 is 5.97 Å². The average molecular weight is 386 g/mol. The van der Waals surface area contributed by atoms with Crippen LogP contribution in [-0.2, 0) is 9.59 Å². The number of aryl methyl sites for hydroxylation is 1. The molecule has 0 saturated carbocycles. The van der Waals surface area contributed by atoms with Crippen LogP contribution in [-0.4, -0.2) is 30.1 Å². The number of carboxylic acid groups (broad SMARTS) is 1. The van der Waals surface area contributed by atoms with E-state index in [1.807, 2.05) is 25.1 Å². The van der Waals surface area contributed by atoms with Crippen LogP contribution in [0.15, 0.2) is 22.7 Å². The smallest absolute Gasteiger partial charge is 0.303 e. The molecule has 128 valence electrons. The lowest BCUT2D eigenvalue weighted by Gasteiger charge is -2.09. The van der Waals surface area contributed by atoms with E-state index in [-0.39, 0.29) is 12.3 Å². The largest absolute Gasteiger partial charge is 0.492 e. The van der Waals surface area contributed by atoms with E-state index in [2.05, 4.69) is 21.2 Å². The number of aliphatic carboxylic acids is 1. The molecule has 0 aliphatic heterocycles. The summed E-state index contributed by atoms with van der Waals surface area (Å²) in [4.78, 5) is 22.0. The molecule has 0 unspecified atom stereocenters. The van der Waals surface area contributed by atoms with E-state index in [1.54, 1.807) is 0 Å². The summed E-state index contributed by atoms with van der Waals surface area (Å²) >= 11 is 3.45. The topological polar surface area (TPSA) is 75.6 Å². The van der Waals surface area contributed by atoms with Crippen LogP contribution in [0, 0.1) is 6.92 Å². The molecule has 23 heavy (non-hydrogen) atoms. The van der Waals surface area contributed by atoms with E-state index >= 15 is 0 Å². The number of amides is 1. The standard InChI is InChI=1S/C17H24BrNO4/c1-13-8-9-15(14(18)12-13)23-11-5-6-16(20)19-10-4-2-3-7-17(21)22/h8-9,12H,2-7,10-11H2,1H3,(H,19,20)(H,21,22). The van der Waals surface area contributed by atoms with Crippen LogP contribution in [0.2, 0.25) is 0 Å². The van der Waals surface area contributed by atoms with Gasteiger partial charge in [-0.2, -0.15) is 0 Å². The van der Waals surface area contributed by atoms with Gasteiger partial charge in [0.05, 0.1) is 11.1 Å². The van der Waals surface area contributed by atoms with Crippen molar-refractivity contribution in [1.82, 2.24) is 5.32 Å². The maximum atomic E-state index is 11.6. The molecule has 0 atom stereocenters. The fraction of sp³-hybridized carbons (Fsp3) is 0.529. The quantitative estimate of drug-likeness (QED) is 0.569. The SMILES string of the molecule is Cc1ccc(OCCCC(=O)NCCCCCC(=O)O)c(Br)c1. The van der Waals surface area contributed by atoms with E-state index in [0.29, 0.717) is 32.4 Å². The second kappa shape index (κ2) is 11.0. The van der Waals surface area contributed by atoms with Crippen molar-refractivity contribution in [3.63, 3.8) is 0 Å². The lowest BCUT2D eigenvalue weighted by atomic mass is 10.2. The number of hydrogen-bond donors (Lipinski definition) is 2. The number of halogens is 1. The van der Waals surface area contributed by atoms with Gasteiger partial charge in [-0.1, -0.05) is 12.5 Å². The second-order valence-corrected chi connectivity index (χ2v) is 6.29. The molecule has 0 saturated heterocycles. The zero-order valence-electron chi connectivity index (χ0n) is 13.4. The molecule has 0 radical (unpaired) electrons. The molecule has 0 aromatic heterocycles. The highest BCUT2D eigenvalue weighted by Gasteiger charge is 2.04. The number of ether oxygens (including phenoxy) is 1. The monoisotopic (exact) mass is 385 g/mol. The molecule has 1 aromatic carbocycles. The van der Waals surface area contributed by atoms with E-state index in [1.165, 1.54) is 0 Å². The minimum atomic E-state index is -0.769. The van der Waals surface area contributed by atoms with Gasteiger partial charge in [-0.3, -0.25) is 9.59 Å². The maximum absolute atomic E-state index is 11.6. The number of hydrogen-bond acceptors (Lipinski definition) is 3. The van der Waals surface area contributed by atoms with Crippen LogP contribution in [0.4, 0.5) is 0 Å². The first kappa shape index (κ1) is 19.5. The number of carboxylic acids is 1. The predicted octanol–water partition coefficient (Wildman–Crippen LogP) is 3.68.